The summed E-state index contributed by atoms with van der Waals surface area (Å²) in [7, 11) is 0. The lowest BCUT2D eigenvalue weighted by Crippen LogP contribution is -2.63. The fourth-order valence-electron chi connectivity index (χ4n) is 1.88. The van der Waals surface area contributed by atoms with Gasteiger partial charge in [-0.1, -0.05) is 6.08 Å². The molecule has 0 spiro atoms. The molecular weight excluding hydrogens is 242 g/mol. The van der Waals surface area contributed by atoms with Crippen LogP contribution in [0.1, 0.15) is 0 Å². The summed E-state index contributed by atoms with van der Waals surface area (Å²) in [6, 6.07) is 0. The van der Waals surface area contributed by atoms with Crippen LogP contribution in [0.5, 0.6) is 0 Å². The fraction of sp³-hybridized carbons (Fsp3) is 0.636. The van der Waals surface area contributed by atoms with E-state index in [4.69, 9.17) is 14.6 Å². The van der Waals surface area contributed by atoms with Gasteiger partial charge in [0, 0.05) is 0 Å². The molecule has 0 amide bonds. The summed E-state index contributed by atoms with van der Waals surface area (Å²) in [6.45, 7) is -0.454. The normalized spacial score (nSPS) is 43.8. The van der Waals surface area contributed by atoms with Crippen LogP contribution >= 0.6 is 0 Å². The summed E-state index contributed by atoms with van der Waals surface area (Å²) < 4.78 is 10.5. The Hall–Kier alpha value is -0.960. The van der Waals surface area contributed by atoms with E-state index in [0.717, 1.165) is 0 Å². The van der Waals surface area contributed by atoms with E-state index in [1.807, 2.05) is 0 Å². The average molecular weight is 259 g/mol. The third-order valence-corrected chi connectivity index (χ3v) is 2.92. The van der Waals surface area contributed by atoms with Crippen molar-refractivity contribution in [3.05, 3.63) is 24.5 Å². The average Bonchev–Trinajstić information content (AvgIpc) is 2.40. The summed E-state index contributed by atoms with van der Waals surface area (Å²) in [5.41, 5.74) is 0. The molecule has 0 bridgehead atoms. The second kappa shape index (κ2) is 5.79. The molecule has 0 radical (unpaired) electrons. The minimum atomic E-state index is -1.39. The van der Waals surface area contributed by atoms with Crippen molar-refractivity contribution < 1.29 is 29.9 Å². The van der Waals surface area contributed by atoms with Gasteiger partial charge in [-0.25, -0.2) is 0 Å². The monoisotopic (exact) mass is 259 g/mol. The van der Waals surface area contributed by atoms with E-state index >= 15 is 0 Å². The van der Waals surface area contributed by atoms with Gasteiger partial charge in [-0.2, -0.15) is 0 Å². The maximum atomic E-state index is 9.78. The Bertz CT molecular complexity index is 331. The van der Waals surface area contributed by atoms with Crippen LogP contribution in [-0.4, -0.2) is 63.9 Å². The second-order valence-electron chi connectivity index (χ2n) is 4.19. The number of aliphatic hydroxyl groups excluding tert-OH is 4. The SMILES string of the molecule is OC[C@H]1OC(NC2C=CC=CO2)[C@H](O)[C@@H](O)[C@@H]1O. The lowest BCUT2D eigenvalue weighted by atomic mass is 9.98. The lowest BCUT2D eigenvalue weighted by Gasteiger charge is -2.41. The highest BCUT2D eigenvalue weighted by atomic mass is 16.6. The summed E-state index contributed by atoms with van der Waals surface area (Å²) in [5, 5.41) is 40.8. The molecule has 1 saturated heterocycles. The van der Waals surface area contributed by atoms with Crippen LogP contribution in [0.3, 0.4) is 0 Å². The van der Waals surface area contributed by atoms with E-state index in [1.54, 1.807) is 18.2 Å². The molecular formula is C11H17NO6. The van der Waals surface area contributed by atoms with Gasteiger partial charge in [-0.3, -0.25) is 5.32 Å². The number of nitrogens with one attached hydrogen (secondary N) is 1. The quantitative estimate of drug-likeness (QED) is 0.391. The molecule has 0 saturated carbocycles. The van der Waals surface area contributed by atoms with Crippen molar-refractivity contribution in [2.24, 2.45) is 0 Å². The van der Waals surface area contributed by atoms with E-state index in [1.165, 1.54) is 6.26 Å². The third-order valence-electron chi connectivity index (χ3n) is 2.92. The minimum absolute atomic E-state index is 0.454. The van der Waals surface area contributed by atoms with Gasteiger partial charge in [0.1, 0.15) is 30.6 Å². The van der Waals surface area contributed by atoms with Crippen molar-refractivity contribution in [3.63, 3.8) is 0 Å². The first-order valence-electron chi connectivity index (χ1n) is 5.69. The smallest absolute Gasteiger partial charge is 0.170 e. The van der Waals surface area contributed by atoms with Gasteiger partial charge >= 0.3 is 0 Å². The molecule has 0 aromatic heterocycles. The number of allylic oxidation sites excluding steroid dienone is 2. The first-order valence-corrected chi connectivity index (χ1v) is 5.69. The number of ether oxygens (including phenoxy) is 2. The van der Waals surface area contributed by atoms with Crippen molar-refractivity contribution in [1.29, 1.82) is 0 Å². The van der Waals surface area contributed by atoms with Crippen LogP contribution in [0.4, 0.5) is 0 Å². The molecule has 7 nitrogen and oxygen atoms in total. The van der Waals surface area contributed by atoms with Gasteiger partial charge in [-0.15, -0.1) is 0 Å². The van der Waals surface area contributed by atoms with Crippen molar-refractivity contribution in [2.75, 3.05) is 6.61 Å². The molecule has 2 unspecified atom stereocenters. The van der Waals surface area contributed by atoms with Crippen molar-refractivity contribution in [2.45, 2.75) is 36.9 Å². The number of hydrogen-bond donors (Lipinski definition) is 5. The standard InChI is InChI=1S/C11H17NO6/c13-5-6-8(14)9(15)10(16)11(18-6)12-7-3-1-2-4-17-7/h1-4,6-16H,5H2/t6-,7?,8-,9+,10-,11?/m1/s1. The van der Waals surface area contributed by atoms with Gasteiger partial charge in [0.05, 0.1) is 12.9 Å². The molecule has 2 rings (SSSR count). The Kier molecular flexibility index (Phi) is 4.33. The molecule has 2 aliphatic heterocycles. The molecule has 1 fully saturated rings. The molecule has 0 aromatic carbocycles. The van der Waals surface area contributed by atoms with Crippen LogP contribution in [0.25, 0.3) is 0 Å². The van der Waals surface area contributed by atoms with Gasteiger partial charge in [-0.05, 0) is 12.2 Å². The van der Waals surface area contributed by atoms with Gasteiger partial charge in [0.15, 0.2) is 6.23 Å². The highest BCUT2D eigenvalue weighted by Crippen LogP contribution is 2.20. The first kappa shape index (κ1) is 13.5. The molecule has 18 heavy (non-hydrogen) atoms. The fourth-order valence-corrected chi connectivity index (χ4v) is 1.88. The lowest BCUT2D eigenvalue weighted by molar-refractivity contribution is -0.241. The van der Waals surface area contributed by atoms with Gasteiger partial charge in [0.25, 0.3) is 0 Å². The Morgan fingerprint density at radius 3 is 2.44 bits per heavy atom. The molecule has 102 valence electrons. The van der Waals surface area contributed by atoms with E-state index in [9.17, 15) is 15.3 Å². The molecule has 6 atom stereocenters. The zero-order valence-electron chi connectivity index (χ0n) is 9.59. The first-order chi connectivity index (χ1) is 8.63. The predicted octanol–water partition coefficient (Wildman–Crippen LogP) is -2.20. The molecule has 0 aromatic rings. The summed E-state index contributed by atoms with van der Waals surface area (Å²) in [6.07, 6.45) is 0.190. The maximum Gasteiger partial charge on any atom is 0.170 e. The summed E-state index contributed by atoms with van der Waals surface area (Å²) in [5.74, 6) is 0. The van der Waals surface area contributed by atoms with Crippen LogP contribution in [-0.2, 0) is 9.47 Å². The minimum Gasteiger partial charge on any atom is -0.479 e. The van der Waals surface area contributed by atoms with Crippen LogP contribution in [0.2, 0.25) is 0 Å². The molecule has 2 aliphatic rings. The summed E-state index contributed by atoms with van der Waals surface area (Å²) in [4.78, 5) is 0. The Balaban J connectivity index is 1.98. The molecule has 0 aliphatic carbocycles. The Labute approximate surface area is 104 Å². The molecule has 7 heteroatoms. The second-order valence-corrected chi connectivity index (χ2v) is 4.19. The van der Waals surface area contributed by atoms with Crippen molar-refractivity contribution in [1.82, 2.24) is 5.32 Å². The van der Waals surface area contributed by atoms with Crippen molar-refractivity contribution in [3.8, 4) is 0 Å². The maximum absolute atomic E-state index is 9.78. The van der Waals surface area contributed by atoms with E-state index in [0.29, 0.717) is 0 Å². The van der Waals surface area contributed by atoms with Gasteiger partial charge < -0.3 is 29.9 Å². The summed E-state index contributed by atoms with van der Waals surface area (Å²) >= 11 is 0. The Morgan fingerprint density at radius 2 is 1.83 bits per heavy atom. The number of rotatable bonds is 3. The van der Waals surface area contributed by atoms with Crippen LogP contribution < -0.4 is 5.32 Å². The van der Waals surface area contributed by atoms with E-state index in [-0.39, 0.29) is 0 Å². The zero-order chi connectivity index (χ0) is 13.1. The van der Waals surface area contributed by atoms with Crippen LogP contribution in [0.15, 0.2) is 24.5 Å². The Morgan fingerprint density at radius 1 is 1.06 bits per heavy atom. The highest BCUT2D eigenvalue weighted by molar-refractivity contribution is 5.07. The number of aliphatic hydroxyl groups is 4. The van der Waals surface area contributed by atoms with Crippen molar-refractivity contribution >= 4 is 0 Å². The largest absolute Gasteiger partial charge is 0.479 e. The third kappa shape index (κ3) is 2.72. The number of hydrogen-bond acceptors (Lipinski definition) is 7. The highest BCUT2D eigenvalue weighted by Gasteiger charge is 2.43. The topological polar surface area (TPSA) is 111 Å². The van der Waals surface area contributed by atoms with E-state index in [2.05, 4.69) is 5.32 Å². The van der Waals surface area contributed by atoms with E-state index < -0.39 is 43.5 Å². The van der Waals surface area contributed by atoms with Crippen LogP contribution in [0, 0.1) is 0 Å². The predicted molar refractivity (Wildman–Crippen MR) is 60.1 cm³/mol. The molecule has 2 heterocycles. The molecule has 5 N–H and O–H groups in total. The van der Waals surface area contributed by atoms with Gasteiger partial charge in [0.2, 0.25) is 0 Å². The zero-order valence-corrected chi connectivity index (χ0v) is 9.59.